The molecule has 1 unspecified atom stereocenters. The van der Waals surface area contributed by atoms with Gasteiger partial charge in [-0.15, -0.1) is 0 Å². The number of amides is 2. The summed E-state index contributed by atoms with van der Waals surface area (Å²) < 4.78 is 27.2. The van der Waals surface area contributed by atoms with Gasteiger partial charge in [-0.3, -0.25) is 14.5 Å². The Bertz CT molecular complexity index is 938. The maximum Gasteiger partial charge on any atom is 0.238 e. The molecule has 0 aliphatic heterocycles. The van der Waals surface area contributed by atoms with Crippen LogP contribution in [0.1, 0.15) is 37.8 Å². The van der Waals surface area contributed by atoms with Gasteiger partial charge in [-0.25, -0.2) is 13.8 Å². The fraction of sp³-hybridized carbons (Fsp3) is 0.435. The Hall–Kier alpha value is -3.07. The predicted octanol–water partition coefficient (Wildman–Crippen LogP) is 2.39. The molecule has 0 radical (unpaired) electrons. The summed E-state index contributed by atoms with van der Waals surface area (Å²) in [5.74, 6) is -3.70. The number of benzene rings is 1. The van der Waals surface area contributed by atoms with E-state index in [1.807, 2.05) is 6.92 Å². The number of rotatable bonds is 11. The second-order valence-corrected chi connectivity index (χ2v) is 8.10. The number of carbonyl (C=O) groups is 2. The Balaban J connectivity index is 2.36. The van der Waals surface area contributed by atoms with Crippen LogP contribution in [-0.4, -0.2) is 40.8 Å². The van der Waals surface area contributed by atoms with Crippen LogP contribution in [0.15, 0.2) is 36.5 Å². The third-order valence-corrected chi connectivity index (χ3v) is 5.87. The average molecular weight is 448 g/mol. The molecule has 0 saturated carbocycles. The Morgan fingerprint density at radius 3 is 2.44 bits per heavy atom. The zero-order chi connectivity index (χ0) is 23.9. The molecule has 1 aromatic heterocycles. The molecule has 5 N–H and O–H groups in total. The molecule has 0 fully saturated rings. The van der Waals surface area contributed by atoms with Crippen LogP contribution in [-0.2, 0) is 22.6 Å². The van der Waals surface area contributed by atoms with Gasteiger partial charge < -0.3 is 16.8 Å². The number of hydrogen-bond acceptors (Lipinski definition) is 5. The topological polar surface area (TPSA) is 114 Å². The molecule has 7 nitrogen and oxygen atoms in total. The van der Waals surface area contributed by atoms with Crippen molar-refractivity contribution in [3.05, 3.63) is 59.3 Å². The average Bonchev–Trinajstić information content (AvgIpc) is 2.76. The maximum absolute atomic E-state index is 13.8. The van der Waals surface area contributed by atoms with Crippen LogP contribution in [0.4, 0.5) is 14.6 Å². The van der Waals surface area contributed by atoms with Gasteiger partial charge in [-0.1, -0.05) is 25.5 Å². The van der Waals surface area contributed by atoms with Gasteiger partial charge in [0.2, 0.25) is 11.8 Å². The highest BCUT2D eigenvalue weighted by atomic mass is 19.2. The Kier molecular flexibility index (Phi) is 8.65. The van der Waals surface area contributed by atoms with E-state index in [-0.39, 0.29) is 13.0 Å². The highest BCUT2D eigenvalue weighted by molar-refractivity contribution is 5.92. The number of carbonyl (C=O) groups excluding carboxylic acids is 2. The minimum absolute atomic E-state index is 0.00107. The van der Waals surface area contributed by atoms with Crippen molar-refractivity contribution in [2.24, 2.45) is 11.7 Å². The third-order valence-electron chi connectivity index (χ3n) is 5.87. The first-order chi connectivity index (χ1) is 15.1. The number of nitrogen functional groups attached to an aromatic ring is 1. The molecule has 2 aromatic rings. The zero-order valence-electron chi connectivity index (χ0n) is 18.7. The predicted molar refractivity (Wildman–Crippen MR) is 119 cm³/mol. The van der Waals surface area contributed by atoms with Crippen molar-refractivity contribution in [3.8, 4) is 0 Å². The van der Waals surface area contributed by atoms with Gasteiger partial charge >= 0.3 is 0 Å². The lowest BCUT2D eigenvalue weighted by molar-refractivity contribution is -0.141. The summed E-state index contributed by atoms with van der Waals surface area (Å²) >= 11 is 0. The molecule has 0 bridgehead atoms. The van der Waals surface area contributed by atoms with E-state index < -0.39 is 34.9 Å². The van der Waals surface area contributed by atoms with Gasteiger partial charge in [0.15, 0.2) is 11.6 Å². The van der Waals surface area contributed by atoms with E-state index in [4.69, 9.17) is 11.5 Å². The van der Waals surface area contributed by atoms with Crippen LogP contribution < -0.4 is 16.8 Å². The number of primary amides is 1. The lowest BCUT2D eigenvalue weighted by Crippen LogP contribution is -2.62. The number of nitrogens with zero attached hydrogens (tertiary/aromatic N) is 2. The van der Waals surface area contributed by atoms with E-state index in [9.17, 15) is 18.4 Å². The smallest absolute Gasteiger partial charge is 0.238 e. The van der Waals surface area contributed by atoms with Crippen molar-refractivity contribution in [3.63, 3.8) is 0 Å². The summed E-state index contributed by atoms with van der Waals surface area (Å²) in [7, 11) is 1.73. The fourth-order valence-corrected chi connectivity index (χ4v) is 3.56. The van der Waals surface area contributed by atoms with Crippen molar-refractivity contribution in [1.29, 1.82) is 0 Å². The number of nitrogens with two attached hydrogens (primary N) is 2. The van der Waals surface area contributed by atoms with Gasteiger partial charge in [0.05, 0.1) is 5.92 Å². The van der Waals surface area contributed by atoms with E-state index in [0.29, 0.717) is 17.9 Å². The van der Waals surface area contributed by atoms with Gasteiger partial charge in [-0.2, -0.15) is 0 Å². The molecule has 2 amide bonds. The summed E-state index contributed by atoms with van der Waals surface area (Å²) in [6, 6.07) is 6.78. The third kappa shape index (κ3) is 6.00. The SMILES string of the molecule is CCCCN(C)C(C)(C(N)=O)[C@H](Cc1ccc(F)c(F)c1)C(=O)NCc1ccc(N)nc1. The molecule has 0 aliphatic rings. The quantitative estimate of drug-likeness (QED) is 0.489. The van der Waals surface area contributed by atoms with Gasteiger partial charge in [-0.05, 0) is 62.7 Å². The molecule has 32 heavy (non-hydrogen) atoms. The largest absolute Gasteiger partial charge is 0.384 e. The second kappa shape index (κ2) is 11.0. The van der Waals surface area contributed by atoms with Crippen LogP contribution in [0.3, 0.4) is 0 Å². The number of pyridine rings is 1. The highest BCUT2D eigenvalue weighted by Crippen LogP contribution is 2.29. The molecule has 2 rings (SSSR count). The molecule has 2 atom stereocenters. The molecule has 1 aromatic carbocycles. The second-order valence-electron chi connectivity index (χ2n) is 8.10. The van der Waals surface area contributed by atoms with E-state index >= 15 is 0 Å². The van der Waals surface area contributed by atoms with E-state index in [1.54, 1.807) is 37.2 Å². The lowest BCUT2D eigenvalue weighted by Gasteiger charge is -2.41. The number of anilines is 1. The summed E-state index contributed by atoms with van der Waals surface area (Å²) in [6.07, 6.45) is 3.24. The van der Waals surface area contributed by atoms with E-state index in [2.05, 4.69) is 10.3 Å². The number of aromatic nitrogens is 1. The molecule has 0 saturated heterocycles. The molecule has 1 heterocycles. The van der Waals surface area contributed by atoms with E-state index in [1.165, 1.54) is 6.07 Å². The van der Waals surface area contributed by atoms with Crippen molar-refractivity contribution >= 4 is 17.6 Å². The standard InChI is InChI=1S/C23H31F2N5O2/c1-4-5-10-30(3)23(2,22(27)32)17(11-15-6-8-18(24)19(25)12-15)21(31)29-14-16-7-9-20(26)28-13-16/h6-9,12-13,17H,4-5,10-11,14H2,1-3H3,(H2,26,28)(H2,27,32)(H,29,31)/t17-,23?/m1/s1. The van der Waals surface area contributed by atoms with Gasteiger partial charge in [0.25, 0.3) is 0 Å². The minimum atomic E-state index is -1.36. The number of nitrogens with one attached hydrogen (secondary N) is 1. The summed E-state index contributed by atoms with van der Waals surface area (Å²) in [6.45, 7) is 4.33. The molecular weight excluding hydrogens is 416 g/mol. The van der Waals surface area contributed by atoms with Crippen LogP contribution in [0.2, 0.25) is 0 Å². The number of halogens is 2. The maximum atomic E-state index is 13.8. The minimum Gasteiger partial charge on any atom is -0.384 e. The molecule has 0 aliphatic carbocycles. The number of unbranched alkanes of at least 4 members (excludes halogenated alkanes) is 1. The Labute approximate surface area is 187 Å². The first kappa shape index (κ1) is 25.2. The number of hydrogen-bond donors (Lipinski definition) is 3. The van der Waals surface area contributed by atoms with Crippen molar-refractivity contribution in [2.75, 3.05) is 19.3 Å². The fourth-order valence-electron chi connectivity index (χ4n) is 3.56. The first-order valence-corrected chi connectivity index (χ1v) is 10.5. The lowest BCUT2D eigenvalue weighted by atomic mass is 9.78. The molecule has 0 spiro atoms. The van der Waals surface area contributed by atoms with Crippen molar-refractivity contribution in [2.45, 2.75) is 45.2 Å². The summed E-state index contributed by atoms with van der Waals surface area (Å²) in [4.78, 5) is 31.7. The van der Waals surface area contributed by atoms with Gasteiger partial charge in [0, 0.05) is 12.7 Å². The highest BCUT2D eigenvalue weighted by Gasteiger charge is 2.47. The normalized spacial score (nSPS) is 14.1. The first-order valence-electron chi connectivity index (χ1n) is 10.5. The monoisotopic (exact) mass is 447 g/mol. The van der Waals surface area contributed by atoms with Crippen molar-refractivity contribution in [1.82, 2.24) is 15.2 Å². The summed E-state index contributed by atoms with van der Waals surface area (Å²) in [5.41, 5.74) is 11.1. The van der Waals surface area contributed by atoms with E-state index in [0.717, 1.165) is 30.5 Å². The van der Waals surface area contributed by atoms with Crippen molar-refractivity contribution < 1.29 is 18.4 Å². The van der Waals surface area contributed by atoms with Crippen LogP contribution >= 0.6 is 0 Å². The van der Waals surface area contributed by atoms with Crippen LogP contribution in [0.5, 0.6) is 0 Å². The Morgan fingerprint density at radius 1 is 1.19 bits per heavy atom. The van der Waals surface area contributed by atoms with Crippen LogP contribution in [0, 0.1) is 17.6 Å². The molecular formula is C23H31F2N5O2. The Morgan fingerprint density at radius 2 is 1.88 bits per heavy atom. The summed E-state index contributed by atoms with van der Waals surface area (Å²) in [5, 5.41) is 2.81. The molecule has 174 valence electrons. The van der Waals surface area contributed by atoms with Crippen LogP contribution in [0.25, 0.3) is 0 Å². The number of likely N-dealkylation sites (N-methyl/N-ethyl adjacent to an activating group) is 1. The zero-order valence-corrected chi connectivity index (χ0v) is 18.7. The molecule has 9 heteroatoms. The van der Waals surface area contributed by atoms with Gasteiger partial charge in [0.1, 0.15) is 11.4 Å².